The number of benzene rings is 1. The molecule has 0 bridgehead atoms. The Bertz CT molecular complexity index is 740. The van der Waals surface area contributed by atoms with E-state index in [1.54, 1.807) is 19.1 Å². The van der Waals surface area contributed by atoms with Crippen LogP contribution in [-0.2, 0) is 12.8 Å². The lowest BCUT2D eigenvalue weighted by molar-refractivity contribution is 0.377. The molecule has 2 aromatic heterocycles. The zero-order valence-corrected chi connectivity index (χ0v) is 12.7. The minimum Gasteiger partial charge on any atom is -0.360 e. The van der Waals surface area contributed by atoms with Crippen LogP contribution in [0, 0.1) is 12.7 Å². The Morgan fingerprint density at radius 2 is 2.05 bits per heavy atom. The van der Waals surface area contributed by atoms with Gasteiger partial charge in [-0.1, -0.05) is 28.6 Å². The van der Waals surface area contributed by atoms with E-state index < -0.39 is 0 Å². The maximum absolute atomic E-state index is 12.9. The average molecular weight is 319 g/mol. The van der Waals surface area contributed by atoms with Gasteiger partial charge in [0.05, 0.1) is 0 Å². The summed E-state index contributed by atoms with van der Waals surface area (Å²) < 4.78 is 17.9. The molecule has 3 aromatic rings. The zero-order valence-electron chi connectivity index (χ0n) is 11.9. The number of hydrogen-bond donors (Lipinski definition) is 1. The van der Waals surface area contributed by atoms with Gasteiger partial charge in [0.1, 0.15) is 10.8 Å². The molecule has 0 atom stereocenters. The molecule has 1 aromatic carbocycles. The van der Waals surface area contributed by atoms with Crippen molar-refractivity contribution in [3.05, 3.63) is 52.4 Å². The van der Waals surface area contributed by atoms with E-state index in [0.717, 1.165) is 15.7 Å². The third-order valence-electron chi connectivity index (χ3n) is 2.92. The summed E-state index contributed by atoms with van der Waals surface area (Å²) in [4.78, 5) is 4.13. The lowest BCUT2D eigenvalue weighted by atomic mass is 10.2. The molecule has 0 aliphatic rings. The summed E-state index contributed by atoms with van der Waals surface area (Å²) in [6.07, 6.45) is 1.27. The van der Waals surface area contributed by atoms with Crippen molar-refractivity contribution in [1.29, 1.82) is 0 Å². The van der Waals surface area contributed by atoms with E-state index in [2.05, 4.69) is 25.7 Å². The Hall–Kier alpha value is -2.35. The van der Waals surface area contributed by atoms with Crippen LogP contribution in [0.5, 0.6) is 0 Å². The van der Waals surface area contributed by atoms with Crippen molar-refractivity contribution >= 4 is 16.5 Å². The number of hydrogen-bond acceptors (Lipinski definition) is 7. The normalized spacial score (nSPS) is 10.8. The lowest BCUT2D eigenvalue weighted by Crippen LogP contribution is -2.04. The van der Waals surface area contributed by atoms with Crippen LogP contribution in [0.2, 0.25) is 0 Å². The van der Waals surface area contributed by atoms with E-state index in [9.17, 15) is 4.39 Å². The summed E-state index contributed by atoms with van der Waals surface area (Å²) in [5, 5.41) is 16.7. The van der Waals surface area contributed by atoms with Crippen LogP contribution in [0.15, 0.2) is 28.8 Å². The topological polar surface area (TPSA) is 76.7 Å². The molecule has 0 amide bonds. The van der Waals surface area contributed by atoms with E-state index in [4.69, 9.17) is 4.52 Å². The molecular formula is C14H14FN5OS. The van der Waals surface area contributed by atoms with E-state index in [0.29, 0.717) is 31.1 Å². The lowest BCUT2D eigenvalue weighted by Gasteiger charge is -1.98. The third-order valence-corrected chi connectivity index (χ3v) is 3.80. The molecule has 0 aliphatic heterocycles. The maximum Gasteiger partial charge on any atom is 0.228 e. The Kier molecular flexibility index (Phi) is 4.38. The first-order valence-electron chi connectivity index (χ1n) is 6.79. The predicted octanol–water partition coefficient (Wildman–Crippen LogP) is 2.61. The predicted molar refractivity (Wildman–Crippen MR) is 80.3 cm³/mol. The molecule has 22 heavy (non-hydrogen) atoms. The van der Waals surface area contributed by atoms with Gasteiger partial charge < -0.3 is 9.84 Å². The van der Waals surface area contributed by atoms with Crippen molar-refractivity contribution in [1.82, 2.24) is 20.3 Å². The second kappa shape index (κ2) is 6.61. The van der Waals surface area contributed by atoms with Crippen molar-refractivity contribution in [2.45, 2.75) is 19.8 Å². The third kappa shape index (κ3) is 3.85. The highest BCUT2D eigenvalue weighted by molar-refractivity contribution is 7.15. The molecule has 3 rings (SSSR count). The molecule has 0 unspecified atom stereocenters. The fourth-order valence-electron chi connectivity index (χ4n) is 1.89. The summed E-state index contributed by atoms with van der Waals surface area (Å²) in [6.45, 7) is 2.43. The van der Waals surface area contributed by atoms with Crippen LogP contribution in [0.3, 0.4) is 0 Å². The van der Waals surface area contributed by atoms with Gasteiger partial charge in [-0.05, 0) is 24.6 Å². The van der Waals surface area contributed by atoms with Crippen molar-refractivity contribution < 1.29 is 8.91 Å². The summed E-state index contributed by atoms with van der Waals surface area (Å²) in [5.74, 6) is 0.994. The average Bonchev–Trinajstić information content (AvgIpc) is 3.11. The first-order chi connectivity index (χ1) is 10.7. The summed E-state index contributed by atoms with van der Waals surface area (Å²) in [6, 6.07) is 6.40. The molecule has 6 nitrogen and oxygen atoms in total. The standard InChI is InChI=1S/C14H14FN5OS/c1-9-17-12(21-20-9)6-7-16-14-19-18-13(22-14)8-10-2-4-11(15)5-3-10/h2-5H,6-8H2,1H3,(H,16,19). The molecule has 114 valence electrons. The number of anilines is 1. The van der Waals surface area contributed by atoms with Crippen LogP contribution in [0.25, 0.3) is 0 Å². The Morgan fingerprint density at radius 3 is 2.77 bits per heavy atom. The smallest absolute Gasteiger partial charge is 0.228 e. The van der Waals surface area contributed by atoms with E-state index in [1.165, 1.54) is 23.5 Å². The first-order valence-corrected chi connectivity index (χ1v) is 7.60. The van der Waals surface area contributed by atoms with Crippen molar-refractivity contribution in [2.75, 3.05) is 11.9 Å². The molecule has 8 heteroatoms. The van der Waals surface area contributed by atoms with Gasteiger partial charge in [0.15, 0.2) is 5.82 Å². The van der Waals surface area contributed by atoms with Crippen LogP contribution >= 0.6 is 11.3 Å². The van der Waals surface area contributed by atoms with Gasteiger partial charge in [-0.15, -0.1) is 10.2 Å². The van der Waals surface area contributed by atoms with Gasteiger partial charge in [-0.2, -0.15) is 4.98 Å². The molecule has 0 fully saturated rings. The molecule has 0 saturated carbocycles. The zero-order chi connectivity index (χ0) is 15.4. The summed E-state index contributed by atoms with van der Waals surface area (Å²) in [5.41, 5.74) is 1.01. The molecule has 0 aliphatic carbocycles. The van der Waals surface area contributed by atoms with Crippen molar-refractivity contribution in [3.8, 4) is 0 Å². The fraction of sp³-hybridized carbons (Fsp3) is 0.286. The Balaban J connectivity index is 1.51. The largest absolute Gasteiger partial charge is 0.360 e. The highest BCUT2D eigenvalue weighted by atomic mass is 32.1. The highest BCUT2D eigenvalue weighted by Gasteiger charge is 2.07. The summed E-state index contributed by atoms with van der Waals surface area (Å²) >= 11 is 1.48. The highest BCUT2D eigenvalue weighted by Crippen LogP contribution is 2.18. The van der Waals surface area contributed by atoms with E-state index >= 15 is 0 Å². The van der Waals surface area contributed by atoms with Gasteiger partial charge in [-0.3, -0.25) is 0 Å². The van der Waals surface area contributed by atoms with Crippen molar-refractivity contribution in [3.63, 3.8) is 0 Å². The molecule has 0 radical (unpaired) electrons. The second-order valence-electron chi connectivity index (χ2n) is 4.72. The maximum atomic E-state index is 12.9. The van der Waals surface area contributed by atoms with Crippen molar-refractivity contribution in [2.24, 2.45) is 0 Å². The molecule has 0 spiro atoms. The van der Waals surface area contributed by atoms with Crippen LogP contribution < -0.4 is 5.32 Å². The number of aromatic nitrogens is 4. The molecular weight excluding hydrogens is 305 g/mol. The second-order valence-corrected chi connectivity index (χ2v) is 5.78. The van der Waals surface area contributed by atoms with E-state index in [-0.39, 0.29) is 5.82 Å². The SMILES string of the molecule is Cc1noc(CCNc2nnc(Cc3ccc(F)cc3)s2)n1. The number of nitrogens with zero attached hydrogens (tertiary/aromatic N) is 4. The minimum atomic E-state index is -0.236. The van der Waals surface area contributed by atoms with Crippen LogP contribution in [0.1, 0.15) is 22.3 Å². The number of aryl methyl sites for hydroxylation is 1. The quantitative estimate of drug-likeness (QED) is 0.752. The van der Waals surface area contributed by atoms with Gasteiger partial charge in [0.25, 0.3) is 0 Å². The Morgan fingerprint density at radius 1 is 1.23 bits per heavy atom. The van der Waals surface area contributed by atoms with Gasteiger partial charge in [0, 0.05) is 19.4 Å². The number of halogens is 1. The van der Waals surface area contributed by atoms with Gasteiger partial charge in [-0.25, -0.2) is 4.39 Å². The molecule has 2 heterocycles. The summed E-state index contributed by atoms with van der Waals surface area (Å²) in [7, 11) is 0. The number of rotatable bonds is 6. The minimum absolute atomic E-state index is 0.236. The van der Waals surface area contributed by atoms with Crippen LogP contribution in [-0.4, -0.2) is 26.9 Å². The fourth-order valence-corrected chi connectivity index (χ4v) is 2.69. The van der Waals surface area contributed by atoms with E-state index in [1.807, 2.05) is 0 Å². The monoisotopic (exact) mass is 319 g/mol. The first kappa shape index (κ1) is 14.6. The van der Waals surface area contributed by atoms with Gasteiger partial charge in [0.2, 0.25) is 11.0 Å². The van der Waals surface area contributed by atoms with Gasteiger partial charge >= 0.3 is 0 Å². The Labute approximate surface area is 130 Å². The molecule has 0 saturated heterocycles. The molecule has 1 N–H and O–H groups in total. The van der Waals surface area contributed by atoms with Crippen LogP contribution in [0.4, 0.5) is 9.52 Å². The number of nitrogens with one attached hydrogen (secondary N) is 1.